The summed E-state index contributed by atoms with van der Waals surface area (Å²) in [5, 5.41) is 21.8. The molecule has 0 saturated heterocycles. The quantitative estimate of drug-likeness (QED) is 0.681. The summed E-state index contributed by atoms with van der Waals surface area (Å²) < 4.78 is 5.10. The number of nitrogens with zero attached hydrogens (tertiary/aromatic N) is 2. The number of hydrogen-bond acceptors (Lipinski definition) is 5. The second-order valence-corrected chi connectivity index (χ2v) is 6.36. The highest BCUT2D eigenvalue weighted by Gasteiger charge is 2.10. The van der Waals surface area contributed by atoms with Crippen molar-refractivity contribution in [3.8, 4) is 28.8 Å². The van der Waals surface area contributed by atoms with Crippen LogP contribution in [0.1, 0.15) is 16.1 Å². The third-order valence-electron chi connectivity index (χ3n) is 3.72. The first-order valence-electron chi connectivity index (χ1n) is 7.62. The normalized spacial score (nSPS) is 11.2. The van der Waals surface area contributed by atoms with E-state index in [9.17, 15) is 10.4 Å². The van der Waals surface area contributed by atoms with Crippen LogP contribution in [0.2, 0.25) is 0 Å². The molecule has 3 rings (SSSR count). The van der Waals surface area contributed by atoms with Gasteiger partial charge in [0.25, 0.3) is 0 Å². The molecule has 4 nitrogen and oxygen atoms in total. The van der Waals surface area contributed by atoms with Crippen LogP contribution in [0.3, 0.4) is 0 Å². The number of nitriles is 1. The summed E-state index contributed by atoms with van der Waals surface area (Å²) in [5.41, 5.74) is 4.30. The fourth-order valence-electron chi connectivity index (χ4n) is 2.35. The number of ether oxygens (including phenoxy) is 1. The zero-order chi connectivity index (χ0) is 17.8. The molecule has 0 amide bonds. The number of rotatable bonds is 4. The number of phenolic OH excluding ortho intramolecular Hbond substituents is 1. The van der Waals surface area contributed by atoms with E-state index >= 15 is 0 Å². The minimum absolute atomic E-state index is 0.0639. The van der Waals surface area contributed by atoms with Crippen LogP contribution < -0.4 is 4.74 Å². The van der Waals surface area contributed by atoms with Gasteiger partial charge in [0.05, 0.1) is 18.4 Å². The molecular weight excluding hydrogens is 332 g/mol. The fourth-order valence-corrected chi connectivity index (χ4v) is 3.14. The van der Waals surface area contributed by atoms with Gasteiger partial charge in [-0.05, 0) is 30.7 Å². The average Bonchev–Trinajstić information content (AvgIpc) is 3.11. The van der Waals surface area contributed by atoms with Crippen molar-refractivity contribution in [3.05, 3.63) is 64.0 Å². The van der Waals surface area contributed by atoms with Gasteiger partial charge in [0.2, 0.25) is 0 Å². The monoisotopic (exact) mass is 348 g/mol. The van der Waals surface area contributed by atoms with E-state index in [4.69, 9.17) is 4.74 Å². The Labute approximate surface area is 150 Å². The molecule has 1 aromatic heterocycles. The van der Waals surface area contributed by atoms with E-state index in [1.807, 2.05) is 36.6 Å². The summed E-state index contributed by atoms with van der Waals surface area (Å²) >= 11 is 1.43. The largest absolute Gasteiger partial charge is 0.504 e. The van der Waals surface area contributed by atoms with E-state index in [2.05, 4.69) is 11.1 Å². The van der Waals surface area contributed by atoms with Gasteiger partial charge in [-0.25, -0.2) is 4.98 Å². The number of methoxy groups -OCH3 is 1. The van der Waals surface area contributed by atoms with Gasteiger partial charge in [-0.2, -0.15) is 5.26 Å². The van der Waals surface area contributed by atoms with E-state index in [0.717, 1.165) is 16.8 Å². The summed E-state index contributed by atoms with van der Waals surface area (Å²) in [7, 11) is 1.49. The number of aromatic nitrogens is 1. The zero-order valence-corrected chi connectivity index (χ0v) is 14.7. The molecule has 0 aliphatic carbocycles. The third kappa shape index (κ3) is 3.70. The van der Waals surface area contributed by atoms with Gasteiger partial charge in [-0.1, -0.05) is 35.9 Å². The maximum Gasteiger partial charge on any atom is 0.161 e. The number of hydrogen-bond donors (Lipinski definition) is 1. The van der Waals surface area contributed by atoms with Crippen molar-refractivity contribution in [1.82, 2.24) is 4.98 Å². The van der Waals surface area contributed by atoms with Crippen LogP contribution in [0.4, 0.5) is 0 Å². The molecule has 0 bridgehead atoms. The molecule has 124 valence electrons. The molecule has 0 saturated carbocycles. The molecule has 1 N–H and O–H groups in total. The number of thiazole rings is 1. The Morgan fingerprint density at radius 2 is 2.00 bits per heavy atom. The Balaban J connectivity index is 1.94. The first-order valence-corrected chi connectivity index (χ1v) is 8.50. The lowest BCUT2D eigenvalue weighted by molar-refractivity contribution is 0.373. The molecule has 0 unspecified atom stereocenters. The second-order valence-electron chi connectivity index (χ2n) is 5.51. The summed E-state index contributed by atoms with van der Waals surface area (Å²) in [4.78, 5) is 4.58. The Hall–Kier alpha value is -3.10. The van der Waals surface area contributed by atoms with Crippen LogP contribution in [0.5, 0.6) is 11.5 Å². The lowest BCUT2D eigenvalue weighted by Crippen LogP contribution is -1.86. The summed E-state index contributed by atoms with van der Waals surface area (Å²) in [6, 6.07) is 15.3. The van der Waals surface area contributed by atoms with E-state index < -0.39 is 0 Å². The predicted molar refractivity (Wildman–Crippen MR) is 100 cm³/mol. The number of benzene rings is 2. The van der Waals surface area contributed by atoms with E-state index in [-0.39, 0.29) is 5.75 Å². The Kier molecular flexibility index (Phi) is 4.82. The second kappa shape index (κ2) is 7.20. The van der Waals surface area contributed by atoms with Crippen LogP contribution in [0, 0.1) is 18.3 Å². The smallest absolute Gasteiger partial charge is 0.161 e. The molecule has 0 radical (unpaired) electrons. The van der Waals surface area contributed by atoms with Crippen LogP contribution in [-0.2, 0) is 0 Å². The van der Waals surface area contributed by atoms with Crippen molar-refractivity contribution >= 4 is 23.0 Å². The fraction of sp³-hybridized carbons (Fsp3) is 0.100. The summed E-state index contributed by atoms with van der Waals surface area (Å²) in [5.74, 6) is 0.430. The van der Waals surface area contributed by atoms with Crippen molar-refractivity contribution in [1.29, 1.82) is 5.26 Å². The van der Waals surface area contributed by atoms with Crippen molar-refractivity contribution in [2.45, 2.75) is 6.92 Å². The van der Waals surface area contributed by atoms with Gasteiger partial charge in [0.15, 0.2) is 11.5 Å². The van der Waals surface area contributed by atoms with E-state index in [0.29, 0.717) is 16.3 Å². The lowest BCUT2D eigenvalue weighted by Gasteiger charge is -2.04. The van der Waals surface area contributed by atoms with Gasteiger partial charge in [0, 0.05) is 10.9 Å². The molecule has 3 aromatic rings. The van der Waals surface area contributed by atoms with Gasteiger partial charge in [-0.15, -0.1) is 11.3 Å². The van der Waals surface area contributed by atoms with Crippen molar-refractivity contribution < 1.29 is 9.84 Å². The number of aromatic hydroxyl groups is 1. The average molecular weight is 348 g/mol. The molecule has 2 aromatic carbocycles. The van der Waals surface area contributed by atoms with Crippen molar-refractivity contribution in [3.63, 3.8) is 0 Å². The van der Waals surface area contributed by atoms with Crippen LogP contribution in [-0.4, -0.2) is 17.2 Å². The van der Waals surface area contributed by atoms with E-state index in [1.165, 1.54) is 24.0 Å². The van der Waals surface area contributed by atoms with Crippen LogP contribution in [0.15, 0.2) is 47.8 Å². The standard InChI is InChI=1S/C20H16N2O2S/c1-13-3-6-15(7-4-13)17-12-25-20(22-17)16(11-21)9-14-5-8-18(23)19(10-14)24-2/h3-10,12,23H,1-2H3/b16-9-. The number of aryl methyl sites for hydroxylation is 1. The highest BCUT2D eigenvalue weighted by molar-refractivity contribution is 7.11. The molecule has 0 fully saturated rings. The Morgan fingerprint density at radius 1 is 1.24 bits per heavy atom. The minimum atomic E-state index is 0.0639. The maximum atomic E-state index is 9.67. The van der Waals surface area contributed by atoms with Gasteiger partial charge in [0.1, 0.15) is 11.1 Å². The molecule has 0 aliphatic rings. The maximum absolute atomic E-state index is 9.67. The highest BCUT2D eigenvalue weighted by Crippen LogP contribution is 2.30. The highest BCUT2D eigenvalue weighted by atomic mass is 32.1. The molecular formula is C20H16N2O2S. The van der Waals surface area contributed by atoms with Crippen LogP contribution >= 0.6 is 11.3 Å². The molecule has 0 aliphatic heterocycles. The van der Waals surface area contributed by atoms with E-state index in [1.54, 1.807) is 24.3 Å². The van der Waals surface area contributed by atoms with Crippen LogP contribution in [0.25, 0.3) is 22.9 Å². The predicted octanol–water partition coefficient (Wildman–Crippen LogP) is 4.90. The number of allylic oxidation sites excluding steroid dienone is 1. The molecule has 25 heavy (non-hydrogen) atoms. The lowest BCUT2D eigenvalue weighted by atomic mass is 10.1. The first-order chi connectivity index (χ1) is 12.1. The molecule has 0 spiro atoms. The third-order valence-corrected chi connectivity index (χ3v) is 4.59. The van der Waals surface area contributed by atoms with Gasteiger partial charge >= 0.3 is 0 Å². The van der Waals surface area contributed by atoms with Crippen molar-refractivity contribution in [2.24, 2.45) is 0 Å². The number of phenols is 1. The summed E-state index contributed by atoms with van der Waals surface area (Å²) in [6.45, 7) is 2.04. The Bertz CT molecular complexity index is 966. The topological polar surface area (TPSA) is 66.1 Å². The minimum Gasteiger partial charge on any atom is -0.504 e. The first kappa shape index (κ1) is 16.7. The molecule has 1 heterocycles. The molecule has 0 atom stereocenters. The van der Waals surface area contributed by atoms with Gasteiger partial charge < -0.3 is 9.84 Å². The van der Waals surface area contributed by atoms with Gasteiger partial charge in [-0.3, -0.25) is 0 Å². The Morgan fingerprint density at radius 3 is 2.68 bits per heavy atom. The summed E-state index contributed by atoms with van der Waals surface area (Å²) in [6.07, 6.45) is 1.74. The SMILES string of the molecule is COc1cc(/C=C(/C#N)c2nc(-c3ccc(C)cc3)cs2)ccc1O. The zero-order valence-electron chi connectivity index (χ0n) is 13.9. The van der Waals surface area contributed by atoms with Crippen molar-refractivity contribution in [2.75, 3.05) is 7.11 Å². The molecule has 5 heteroatoms.